The Morgan fingerprint density at radius 2 is 2.26 bits per heavy atom. The minimum atomic E-state index is 0.0953. The minimum absolute atomic E-state index is 0.0953. The molecule has 0 spiro atoms. The molecule has 126 valence electrons. The summed E-state index contributed by atoms with van der Waals surface area (Å²) >= 11 is 5.16. The highest BCUT2D eigenvalue weighted by atomic mass is 32.1. The lowest BCUT2D eigenvalue weighted by Crippen LogP contribution is -2.42. The first-order valence-electron chi connectivity index (χ1n) is 7.43. The standard InChI is InChI=1S/C15H22N4O3S/c1-21-14-10-12(2-3-13(14)20)11-17-18-15(23)16-4-5-19-6-8-22-9-7-19/h2-3,10-11,20H,4-9H2,1H3,(H2,16,18,23)/b17-11+. The fourth-order valence-electron chi connectivity index (χ4n) is 2.13. The van der Waals surface area contributed by atoms with Crippen LogP contribution >= 0.6 is 12.2 Å². The van der Waals surface area contributed by atoms with Crippen molar-refractivity contribution in [3.8, 4) is 11.5 Å². The second-order valence-corrected chi connectivity index (χ2v) is 5.42. The van der Waals surface area contributed by atoms with Gasteiger partial charge in [0.1, 0.15) is 0 Å². The minimum Gasteiger partial charge on any atom is -0.504 e. The number of nitrogens with one attached hydrogen (secondary N) is 2. The van der Waals surface area contributed by atoms with Gasteiger partial charge in [0.15, 0.2) is 16.6 Å². The maximum absolute atomic E-state index is 9.53. The number of nitrogens with zero attached hydrogens (tertiary/aromatic N) is 2. The summed E-state index contributed by atoms with van der Waals surface area (Å²) in [5.74, 6) is 0.498. The number of aromatic hydroxyl groups is 1. The van der Waals surface area contributed by atoms with Gasteiger partial charge in [-0.05, 0) is 36.0 Å². The topological polar surface area (TPSA) is 78.4 Å². The third-order valence-corrected chi connectivity index (χ3v) is 3.64. The molecule has 0 aliphatic carbocycles. The monoisotopic (exact) mass is 338 g/mol. The molecule has 8 heteroatoms. The van der Waals surface area contributed by atoms with Crippen LogP contribution in [0.3, 0.4) is 0 Å². The number of hydrazone groups is 1. The van der Waals surface area contributed by atoms with Crippen LogP contribution in [0.4, 0.5) is 0 Å². The van der Waals surface area contributed by atoms with Crippen LogP contribution < -0.4 is 15.5 Å². The number of morpholine rings is 1. The molecule has 1 fully saturated rings. The summed E-state index contributed by atoms with van der Waals surface area (Å²) in [6, 6.07) is 4.98. The number of ether oxygens (including phenoxy) is 2. The SMILES string of the molecule is COc1cc(/C=N/NC(=S)NCCN2CCOCC2)ccc1O. The van der Waals surface area contributed by atoms with E-state index in [1.54, 1.807) is 24.4 Å². The molecule has 0 atom stereocenters. The smallest absolute Gasteiger partial charge is 0.187 e. The first kappa shape index (κ1) is 17.5. The second kappa shape index (κ2) is 9.29. The molecular formula is C15H22N4O3S. The van der Waals surface area contributed by atoms with Crippen molar-refractivity contribution in [2.75, 3.05) is 46.5 Å². The Morgan fingerprint density at radius 1 is 1.48 bits per heavy atom. The highest BCUT2D eigenvalue weighted by Crippen LogP contribution is 2.25. The van der Waals surface area contributed by atoms with Gasteiger partial charge in [-0.15, -0.1) is 0 Å². The fourth-order valence-corrected chi connectivity index (χ4v) is 2.29. The van der Waals surface area contributed by atoms with Crippen LogP contribution in [0, 0.1) is 0 Å². The number of hydrogen-bond donors (Lipinski definition) is 3. The number of thiocarbonyl (C=S) groups is 1. The maximum atomic E-state index is 9.53. The Hall–Kier alpha value is -1.90. The molecule has 1 saturated heterocycles. The van der Waals surface area contributed by atoms with Crippen LogP contribution in [0.15, 0.2) is 23.3 Å². The number of phenols is 1. The van der Waals surface area contributed by atoms with Gasteiger partial charge in [-0.1, -0.05) is 0 Å². The lowest BCUT2D eigenvalue weighted by molar-refractivity contribution is 0.0389. The summed E-state index contributed by atoms with van der Waals surface area (Å²) in [4.78, 5) is 2.32. The molecule has 1 aromatic carbocycles. The molecule has 1 aromatic rings. The van der Waals surface area contributed by atoms with Gasteiger partial charge in [0, 0.05) is 26.2 Å². The molecule has 1 aliphatic rings. The third-order valence-electron chi connectivity index (χ3n) is 3.40. The zero-order chi connectivity index (χ0) is 16.5. The van der Waals surface area contributed by atoms with Gasteiger partial charge in [0.05, 0.1) is 26.5 Å². The molecule has 0 unspecified atom stereocenters. The summed E-state index contributed by atoms with van der Waals surface area (Å²) < 4.78 is 10.3. The van der Waals surface area contributed by atoms with Crippen LogP contribution in [-0.2, 0) is 4.74 Å². The molecule has 23 heavy (non-hydrogen) atoms. The van der Waals surface area contributed by atoms with E-state index in [-0.39, 0.29) is 5.75 Å². The maximum Gasteiger partial charge on any atom is 0.187 e. The number of phenolic OH excluding ortho intramolecular Hbond substituents is 1. The normalized spacial score (nSPS) is 15.5. The molecule has 1 heterocycles. The fraction of sp³-hybridized carbons (Fsp3) is 0.467. The van der Waals surface area contributed by atoms with Crippen molar-refractivity contribution in [1.82, 2.24) is 15.6 Å². The Labute approximate surface area is 141 Å². The Kier molecular flexibility index (Phi) is 7.05. The van der Waals surface area contributed by atoms with E-state index in [4.69, 9.17) is 21.7 Å². The zero-order valence-corrected chi connectivity index (χ0v) is 13.9. The van der Waals surface area contributed by atoms with E-state index in [1.807, 2.05) is 0 Å². The van der Waals surface area contributed by atoms with E-state index in [0.29, 0.717) is 10.9 Å². The van der Waals surface area contributed by atoms with Gasteiger partial charge in [-0.25, -0.2) is 0 Å². The first-order valence-corrected chi connectivity index (χ1v) is 7.84. The van der Waals surface area contributed by atoms with Gasteiger partial charge >= 0.3 is 0 Å². The average molecular weight is 338 g/mol. The average Bonchev–Trinajstić information content (AvgIpc) is 2.57. The molecule has 7 nitrogen and oxygen atoms in total. The molecule has 0 saturated carbocycles. The van der Waals surface area contributed by atoms with Crippen molar-refractivity contribution >= 4 is 23.5 Å². The second-order valence-electron chi connectivity index (χ2n) is 5.01. The molecule has 3 N–H and O–H groups in total. The predicted octanol–water partition coefficient (Wildman–Crippen LogP) is 0.531. The number of methoxy groups -OCH3 is 1. The van der Waals surface area contributed by atoms with Crippen molar-refractivity contribution in [2.24, 2.45) is 5.10 Å². The van der Waals surface area contributed by atoms with Crippen molar-refractivity contribution < 1.29 is 14.6 Å². The van der Waals surface area contributed by atoms with Gasteiger partial charge < -0.3 is 19.9 Å². The van der Waals surface area contributed by atoms with Crippen molar-refractivity contribution in [1.29, 1.82) is 0 Å². The Balaban J connectivity index is 1.69. The van der Waals surface area contributed by atoms with E-state index in [2.05, 4.69) is 20.7 Å². The predicted molar refractivity (Wildman–Crippen MR) is 93.2 cm³/mol. The van der Waals surface area contributed by atoms with Crippen molar-refractivity contribution in [2.45, 2.75) is 0 Å². The summed E-state index contributed by atoms with van der Waals surface area (Å²) in [5, 5.41) is 17.2. The van der Waals surface area contributed by atoms with Crippen molar-refractivity contribution in [3.63, 3.8) is 0 Å². The zero-order valence-electron chi connectivity index (χ0n) is 13.1. The Bertz CT molecular complexity index is 548. The highest BCUT2D eigenvalue weighted by Gasteiger charge is 2.09. The molecule has 0 amide bonds. The van der Waals surface area contributed by atoms with Gasteiger partial charge in [0.25, 0.3) is 0 Å². The van der Waals surface area contributed by atoms with Gasteiger partial charge in [0.2, 0.25) is 0 Å². The molecular weight excluding hydrogens is 316 g/mol. The molecule has 0 radical (unpaired) electrons. The molecule has 1 aliphatic heterocycles. The van der Waals surface area contributed by atoms with E-state index < -0.39 is 0 Å². The first-order chi connectivity index (χ1) is 11.2. The van der Waals surface area contributed by atoms with Crippen LogP contribution in [0.1, 0.15) is 5.56 Å². The molecule has 0 bridgehead atoms. The van der Waals surface area contributed by atoms with Crippen LogP contribution in [0.5, 0.6) is 11.5 Å². The van der Waals surface area contributed by atoms with Gasteiger partial charge in [-0.2, -0.15) is 5.10 Å². The van der Waals surface area contributed by atoms with E-state index in [1.165, 1.54) is 7.11 Å². The summed E-state index contributed by atoms with van der Waals surface area (Å²) in [5.41, 5.74) is 3.56. The van der Waals surface area contributed by atoms with Crippen molar-refractivity contribution in [3.05, 3.63) is 23.8 Å². The summed E-state index contributed by atoms with van der Waals surface area (Å²) in [7, 11) is 1.50. The quantitative estimate of drug-likeness (QED) is 0.397. The lowest BCUT2D eigenvalue weighted by Gasteiger charge is -2.26. The van der Waals surface area contributed by atoms with Gasteiger partial charge in [-0.3, -0.25) is 10.3 Å². The van der Waals surface area contributed by atoms with Crippen LogP contribution in [0.25, 0.3) is 0 Å². The molecule has 2 rings (SSSR count). The van der Waals surface area contributed by atoms with E-state index in [9.17, 15) is 5.11 Å². The summed E-state index contributed by atoms with van der Waals surface area (Å²) in [6.07, 6.45) is 1.61. The highest BCUT2D eigenvalue weighted by molar-refractivity contribution is 7.80. The Morgan fingerprint density at radius 3 is 3.00 bits per heavy atom. The largest absolute Gasteiger partial charge is 0.504 e. The number of rotatable bonds is 6. The van der Waals surface area contributed by atoms with E-state index in [0.717, 1.165) is 45.0 Å². The third kappa shape index (κ3) is 6.01. The van der Waals surface area contributed by atoms with Crippen LogP contribution in [0.2, 0.25) is 0 Å². The van der Waals surface area contributed by atoms with Crippen LogP contribution in [-0.4, -0.2) is 67.8 Å². The number of hydrogen-bond acceptors (Lipinski definition) is 6. The van der Waals surface area contributed by atoms with E-state index >= 15 is 0 Å². The summed E-state index contributed by atoms with van der Waals surface area (Å²) in [6.45, 7) is 5.19. The number of benzene rings is 1. The molecule has 0 aromatic heterocycles. The lowest BCUT2D eigenvalue weighted by atomic mass is 10.2.